The van der Waals surface area contributed by atoms with E-state index in [1.54, 1.807) is 6.33 Å². The number of hydrogen-bond donors (Lipinski definition) is 1. The summed E-state index contributed by atoms with van der Waals surface area (Å²) in [5, 5.41) is 3.29. The fraction of sp³-hybridized carbons (Fsp3) is 0.714. The number of rotatable bonds is 5. The fourth-order valence-corrected chi connectivity index (χ4v) is 1.55. The van der Waals surface area contributed by atoms with E-state index < -0.39 is 0 Å². The van der Waals surface area contributed by atoms with Crippen molar-refractivity contribution in [2.24, 2.45) is 5.41 Å². The third-order valence-corrected chi connectivity index (χ3v) is 2.68. The van der Waals surface area contributed by atoms with Crippen LogP contribution in [0.2, 0.25) is 0 Å². The highest BCUT2D eigenvalue weighted by molar-refractivity contribution is 5.48. The molecule has 0 spiro atoms. The monoisotopic (exact) mass is 250 g/mol. The number of aromatic nitrogens is 2. The first-order valence-electron chi connectivity index (χ1n) is 6.57. The Morgan fingerprint density at radius 2 is 1.94 bits per heavy atom. The molecule has 0 fully saturated rings. The Labute approximate surface area is 111 Å². The first-order valence-corrected chi connectivity index (χ1v) is 6.57. The molecule has 18 heavy (non-hydrogen) atoms. The van der Waals surface area contributed by atoms with Gasteiger partial charge in [0.25, 0.3) is 0 Å². The van der Waals surface area contributed by atoms with E-state index in [0.717, 1.165) is 24.6 Å². The maximum atomic E-state index is 4.32. The fourth-order valence-electron chi connectivity index (χ4n) is 1.55. The van der Waals surface area contributed by atoms with Gasteiger partial charge >= 0.3 is 0 Å². The Bertz CT molecular complexity index is 368. The molecule has 1 N–H and O–H groups in total. The van der Waals surface area contributed by atoms with E-state index in [2.05, 4.69) is 61.9 Å². The minimum atomic E-state index is 0.348. The average molecular weight is 250 g/mol. The molecule has 0 aliphatic heterocycles. The van der Waals surface area contributed by atoms with Crippen molar-refractivity contribution in [3.63, 3.8) is 0 Å². The van der Waals surface area contributed by atoms with Gasteiger partial charge in [-0.3, -0.25) is 0 Å². The van der Waals surface area contributed by atoms with Gasteiger partial charge < -0.3 is 10.2 Å². The van der Waals surface area contributed by atoms with Crippen LogP contribution < -0.4 is 10.2 Å². The zero-order chi connectivity index (χ0) is 13.8. The predicted octanol–water partition coefficient (Wildman–Crippen LogP) is 3.17. The molecule has 0 saturated heterocycles. The lowest BCUT2D eigenvalue weighted by molar-refractivity contribution is 0.381. The molecule has 1 rings (SSSR count). The third-order valence-electron chi connectivity index (χ3n) is 2.68. The summed E-state index contributed by atoms with van der Waals surface area (Å²) in [6, 6.07) is 2.38. The number of anilines is 2. The molecule has 0 aliphatic carbocycles. The zero-order valence-electron chi connectivity index (χ0n) is 12.5. The Hall–Kier alpha value is -1.32. The highest BCUT2D eigenvalue weighted by Crippen LogP contribution is 2.20. The van der Waals surface area contributed by atoms with Gasteiger partial charge in [-0.05, 0) is 25.7 Å². The minimum absolute atomic E-state index is 0.348. The second-order valence-electron chi connectivity index (χ2n) is 6.29. The van der Waals surface area contributed by atoms with Crippen LogP contribution in [0.1, 0.15) is 41.0 Å². The van der Waals surface area contributed by atoms with Gasteiger partial charge in [0.15, 0.2) is 0 Å². The highest BCUT2D eigenvalue weighted by atomic mass is 15.2. The Balaban J connectivity index is 2.65. The molecule has 102 valence electrons. The molecule has 4 heteroatoms. The summed E-state index contributed by atoms with van der Waals surface area (Å²) in [5.74, 6) is 1.86. The molecule has 0 radical (unpaired) electrons. The SMILES string of the molecule is CC(C)Nc1cc(N(C)CCC(C)(C)C)ncn1. The third kappa shape index (κ3) is 5.34. The molecule has 0 aliphatic rings. The van der Waals surface area contributed by atoms with Crippen LogP contribution in [0.25, 0.3) is 0 Å². The Morgan fingerprint density at radius 3 is 2.50 bits per heavy atom. The molecule has 1 aromatic heterocycles. The Morgan fingerprint density at radius 1 is 1.28 bits per heavy atom. The molecule has 0 saturated carbocycles. The smallest absolute Gasteiger partial charge is 0.133 e. The first-order chi connectivity index (χ1) is 8.28. The molecular weight excluding hydrogens is 224 g/mol. The molecule has 0 unspecified atom stereocenters. The largest absolute Gasteiger partial charge is 0.368 e. The van der Waals surface area contributed by atoms with Gasteiger partial charge in [0.1, 0.15) is 18.0 Å². The average Bonchev–Trinajstić information content (AvgIpc) is 2.24. The quantitative estimate of drug-likeness (QED) is 0.871. The Kier molecular flexibility index (Phi) is 4.93. The molecule has 0 amide bonds. The van der Waals surface area contributed by atoms with Gasteiger partial charge in [0, 0.05) is 25.7 Å². The van der Waals surface area contributed by atoms with E-state index in [9.17, 15) is 0 Å². The van der Waals surface area contributed by atoms with Crippen molar-refractivity contribution in [1.82, 2.24) is 9.97 Å². The van der Waals surface area contributed by atoms with E-state index in [0.29, 0.717) is 11.5 Å². The second-order valence-corrected chi connectivity index (χ2v) is 6.29. The summed E-state index contributed by atoms with van der Waals surface area (Å²) in [4.78, 5) is 10.7. The molecule has 0 aromatic carbocycles. The van der Waals surface area contributed by atoms with Crippen LogP contribution in [0, 0.1) is 5.41 Å². The highest BCUT2D eigenvalue weighted by Gasteiger charge is 2.12. The summed E-state index contributed by atoms with van der Waals surface area (Å²) in [6.07, 6.45) is 2.76. The van der Waals surface area contributed by atoms with Gasteiger partial charge in [-0.1, -0.05) is 20.8 Å². The molecular formula is C14H26N4. The van der Waals surface area contributed by atoms with Crippen molar-refractivity contribution in [2.45, 2.75) is 47.1 Å². The summed E-state index contributed by atoms with van der Waals surface area (Å²) < 4.78 is 0. The maximum Gasteiger partial charge on any atom is 0.133 e. The van der Waals surface area contributed by atoms with Crippen LogP contribution in [0.4, 0.5) is 11.6 Å². The van der Waals surface area contributed by atoms with Crippen molar-refractivity contribution in [3.05, 3.63) is 12.4 Å². The lowest BCUT2D eigenvalue weighted by Gasteiger charge is -2.24. The summed E-state index contributed by atoms with van der Waals surface area (Å²) in [5.41, 5.74) is 0.348. The predicted molar refractivity (Wildman–Crippen MR) is 78.1 cm³/mol. The topological polar surface area (TPSA) is 41.0 Å². The van der Waals surface area contributed by atoms with Gasteiger partial charge in [-0.2, -0.15) is 0 Å². The number of nitrogens with one attached hydrogen (secondary N) is 1. The minimum Gasteiger partial charge on any atom is -0.368 e. The van der Waals surface area contributed by atoms with Gasteiger partial charge in [0.05, 0.1) is 0 Å². The van der Waals surface area contributed by atoms with Gasteiger partial charge in [-0.15, -0.1) is 0 Å². The molecule has 1 heterocycles. The molecule has 0 bridgehead atoms. The van der Waals surface area contributed by atoms with E-state index in [-0.39, 0.29) is 0 Å². The zero-order valence-corrected chi connectivity index (χ0v) is 12.5. The maximum absolute atomic E-state index is 4.32. The lowest BCUT2D eigenvalue weighted by Crippen LogP contribution is -2.24. The van der Waals surface area contributed by atoms with E-state index in [4.69, 9.17) is 0 Å². The van der Waals surface area contributed by atoms with Gasteiger partial charge in [0.2, 0.25) is 0 Å². The van der Waals surface area contributed by atoms with Gasteiger partial charge in [-0.25, -0.2) is 9.97 Å². The van der Waals surface area contributed by atoms with Crippen molar-refractivity contribution >= 4 is 11.6 Å². The molecule has 1 aromatic rings. The van der Waals surface area contributed by atoms with Crippen LogP contribution in [-0.2, 0) is 0 Å². The van der Waals surface area contributed by atoms with Crippen molar-refractivity contribution in [2.75, 3.05) is 23.8 Å². The molecule has 4 nitrogen and oxygen atoms in total. The van der Waals surface area contributed by atoms with Crippen LogP contribution in [-0.4, -0.2) is 29.6 Å². The van der Waals surface area contributed by atoms with E-state index >= 15 is 0 Å². The van der Waals surface area contributed by atoms with Crippen LogP contribution >= 0.6 is 0 Å². The van der Waals surface area contributed by atoms with Crippen LogP contribution in [0.15, 0.2) is 12.4 Å². The standard InChI is InChI=1S/C14H26N4/c1-11(2)17-12-9-13(16-10-15-12)18(6)8-7-14(3,4)5/h9-11H,7-8H2,1-6H3,(H,15,16,17). The number of hydrogen-bond acceptors (Lipinski definition) is 4. The first kappa shape index (κ1) is 14.7. The lowest BCUT2D eigenvalue weighted by atomic mass is 9.92. The van der Waals surface area contributed by atoms with Crippen LogP contribution in [0.3, 0.4) is 0 Å². The number of nitrogens with zero attached hydrogens (tertiary/aromatic N) is 3. The van der Waals surface area contributed by atoms with Crippen molar-refractivity contribution in [1.29, 1.82) is 0 Å². The normalized spacial score (nSPS) is 11.7. The summed E-state index contributed by atoms with van der Waals surface area (Å²) >= 11 is 0. The van der Waals surface area contributed by atoms with E-state index in [1.165, 1.54) is 0 Å². The van der Waals surface area contributed by atoms with Crippen molar-refractivity contribution < 1.29 is 0 Å². The summed E-state index contributed by atoms with van der Waals surface area (Å²) in [6.45, 7) is 12.0. The van der Waals surface area contributed by atoms with Crippen LogP contribution in [0.5, 0.6) is 0 Å². The van der Waals surface area contributed by atoms with Crippen molar-refractivity contribution in [3.8, 4) is 0 Å². The molecule has 0 atom stereocenters. The summed E-state index contributed by atoms with van der Waals surface area (Å²) in [7, 11) is 2.08. The second kappa shape index (κ2) is 6.03. The van der Waals surface area contributed by atoms with E-state index in [1.807, 2.05) is 6.07 Å².